The van der Waals surface area contributed by atoms with Gasteiger partial charge in [-0.2, -0.15) is 0 Å². The predicted molar refractivity (Wildman–Crippen MR) is 91.6 cm³/mol. The molecule has 0 radical (unpaired) electrons. The van der Waals surface area contributed by atoms with Crippen molar-refractivity contribution in [1.29, 1.82) is 0 Å². The minimum Gasteiger partial charge on any atom is -0.378 e. The Labute approximate surface area is 142 Å². The summed E-state index contributed by atoms with van der Waals surface area (Å²) in [5.41, 5.74) is 0.800. The Hall–Kier alpha value is -1.92. The van der Waals surface area contributed by atoms with E-state index in [-0.39, 0.29) is 23.8 Å². The van der Waals surface area contributed by atoms with Crippen LogP contribution in [0.4, 0.5) is 5.69 Å². The second-order valence-corrected chi connectivity index (χ2v) is 6.46. The number of carbonyl (C=O) groups is 2. The van der Waals surface area contributed by atoms with Crippen LogP contribution >= 0.6 is 0 Å². The molecule has 130 valence electrons. The van der Waals surface area contributed by atoms with Gasteiger partial charge in [0, 0.05) is 37.8 Å². The summed E-state index contributed by atoms with van der Waals surface area (Å²) in [6, 6.07) is 9.54. The summed E-state index contributed by atoms with van der Waals surface area (Å²) in [6.45, 7) is 3.32. The van der Waals surface area contributed by atoms with Crippen molar-refractivity contribution >= 4 is 17.5 Å². The molecule has 1 aromatic rings. The monoisotopic (exact) mass is 331 g/mol. The van der Waals surface area contributed by atoms with Gasteiger partial charge in [-0.15, -0.1) is 0 Å². The molecule has 2 fully saturated rings. The molecule has 1 aromatic carbocycles. The molecule has 2 saturated heterocycles. The summed E-state index contributed by atoms with van der Waals surface area (Å²) in [7, 11) is 0. The van der Waals surface area contributed by atoms with Crippen LogP contribution in [-0.4, -0.2) is 55.6 Å². The molecule has 2 N–H and O–H groups in total. The minimum atomic E-state index is -0.140. The van der Waals surface area contributed by atoms with Gasteiger partial charge < -0.3 is 20.3 Å². The van der Waals surface area contributed by atoms with Gasteiger partial charge in [-0.05, 0) is 25.0 Å². The number of hydrogen-bond donors (Lipinski definition) is 2. The van der Waals surface area contributed by atoms with Gasteiger partial charge >= 0.3 is 0 Å². The average Bonchev–Trinajstić information content (AvgIpc) is 2.63. The van der Waals surface area contributed by atoms with E-state index in [0.29, 0.717) is 26.2 Å². The fraction of sp³-hybridized carbons (Fsp3) is 0.556. The van der Waals surface area contributed by atoms with Crippen molar-refractivity contribution < 1.29 is 14.3 Å². The number of morpholine rings is 1. The van der Waals surface area contributed by atoms with Crippen molar-refractivity contribution in [3.8, 4) is 0 Å². The summed E-state index contributed by atoms with van der Waals surface area (Å²) >= 11 is 0. The standard InChI is InChI=1S/C18H25N3O3/c22-17(11-16-13-24-10-8-19-16)21-9-4-5-14(12-21)18(23)20-15-6-2-1-3-7-15/h1-3,6-7,14,16,19H,4-5,8-13H2,(H,20,23). The number of para-hydroxylation sites is 1. The summed E-state index contributed by atoms with van der Waals surface area (Å²) in [4.78, 5) is 26.8. The second-order valence-electron chi connectivity index (χ2n) is 6.46. The van der Waals surface area contributed by atoms with E-state index in [1.807, 2.05) is 35.2 Å². The van der Waals surface area contributed by atoms with E-state index in [9.17, 15) is 9.59 Å². The zero-order chi connectivity index (χ0) is 16.8. The summed E-state index contributed by atoms with van der Waals surface area (Å²) in [6.07, 6.45) is 2.13. The Morgan fingerprint density at radius 1 is 1.29 bits per heavy atom. The topological polar surface area (TPSA) is 70.7 Å². The number of nitrogens with zero attached hydrogens (tertiary/aromatic N) is 1. The van der Waals surface area contributed by atoms with Crippen molar-refractivity contribution in [3.63, 3.8) is 0 Å². The molecule has 2 aliphatic rings. The van der Waals surface area contributed by atoms with E-state index in [2.05, 4.69) is 10.6 Å². The number of amides is 2. The Morgan fingerprint density at radius 3 is 2.88 bits per heavy atom. The van der Waals surface area contributed by atoms with Gasteiger partial charge in [0.1, 0.15) is 0 Å². The van der Waals surface area contributed by atoms with Crippen molar-refractivity contribution in [2.45, 2.75) is 25.3 Å². The third kappa shape index (κ3) is 4.55. The van der Waals surface area contributed by atoms with E-state index in [1.54, 1.807) is 0 Å². The molecule has 6 nitrogen and oxygen atoms in total. The Kier molecular flexibility index (Phi) is 5.82. The van der Waals surface area contributed by atoms with Crippen molar-refractivity contribution in [2.75, 3.05) is 38.2 Å². The lowest BCUT2D eigenvalue weighted by Gasteiger charge is -2.33. The Bertz CT molecular complexity index is 558. The number of anilines is 1. The zero-order valence-electron chi connectivity index (χ0n) is 13.9. The molecule has 3 rings (SSSR count). The van der Waals surface area contributed by atoms with Crippen LogP contribution in [0.15, 0.2) is 30.3 Å². The quantitative estimate of drug-likeness (QED) is 0.871. The summed E-state index contributed by atoms with van der Waals surface area (Å²) in [5, 5.41) is 6.25. The normalized spacial score (nSPS) is 24.4. The zero-order valence-corrected chi connectivity index (χ0v) is 13.9. The SMILES string of the molecule is O=C(Nc1ccccc1)C1CCCN(C(=O)CC2COCCN2)C1. The van der Waals surface area contributed by atoms with Gasteiger partial charge in [-0.25, -0.2) is 0 Å². The molecular weight excluding hydrogens is 306 g/mol. The molecule has 2 atom stereocenters. The Balaban J connectivity index is 1.51. The number of rotatable bonds is 4. The molecule has 0 spiro atoms. The lowest BCUT2D eigenvalue weighted by atomic mass is 9.96. The molecular formula is C18H25N3O3. The van der Waals surface area contributed by atoms with Gasteiger partial charge in [-0.3, -0.25) is 9.59 Å². The van der Waals surface area contributed by atoms with Crippen LogP contribution in [0.2, 0.25) is 0 Å². The first kappa shape index (κ1) is 16.9. The number of nitrogens with one attached hydrogen (secondary N) is 2. The molecule has 2 unspecified atom stereocenters. The summed E-state index contributed by atoms with van der Waals surface area (Å²) in [5.74, 6) is -0.0356. The van der Waals surface area contributed by atoms with Crippen LogP contribution in [0.1, 0.15) is 19.3 Å². The van der Waals surface area contributed by atoms with Gasteiger partial charge in [0.15, 0.2) is 0 Å². The van der Waals surface area contributed by atoms with Crippen LogP contribution in [-0.2, 0) is 14.3 Å². The Morgan fingerprint density at radius 2 is 2.12 bits per heavy atom. The van der Waals surface area contributed by atoms with E-state index in [4.69, 9.17) is 4.74 Å². The number of benzene rings is 1. The molecule has 0 aliphatic carbocycles. The highest BCUT2D eigenvalue weighted by molar-refractivity contribution is 5.93. The van der Waals surface area contributed by atoms with Crippen molar-refractivity contribution in [3.05, 3.63) is 30.3 Å². The maximum absolute atomic E-state index is 12.5. The highest BCUT2D eigenvalue weighted by atomic mass is 16.5. The molecule has 24 heavy (non-hydrogen) atoms. The fourth-order valence-corrected chi connectivity index (χ4v) is 3.27. The maximum Gasteiger partial charge on any atom is 0.229 e. The molecule has 6 heteroatoms. The third-order valence-corrected chi connectivity index (χ3v) is 4.61. The van der Waals surface area contributed by atoms with E-state index < -0.39 is 0 Å². The highest BCUT2D eigenvalue weighted by Crippen LogP contribution is 2.20. The van der Waals surface area contributed by atoms with E-state index >= 15 is 0 Å². The smallest absolute Gasteiger partial charge is 0.229 e. The maximum atomic E-state index is 12.5. The number of piperidine rings is 1. The van der Waals surface area contributed by atoms with Crippen LogP contribution in [0.25, 0.3) is 0 Å². The molecule has 0 aromatic heterocycles. The minimum absolute atomic E-state index is 0.00201. The van der Waals surface area contributed by atoms with Gasteiger partial charge in [0.2, 0.25) is 11.8 Å². The van der Waals surface area contributed by atoms with Crippen LogP contribution < -0.4 is 10.6 Å². The summed E-state index contributed by atoms with van der Waals surface area (Å²) < 4.78 is 5.40. The highest BCUT2D eigenvalue weighted by Gasteiger charge is 2.29. The fourth-order valence-electron chi connectivity index (χ4n) is 3.27. The van der Waals surface area contributed by atoms with Gasteiger partial charge in [0.25, 0.3) is 0 Å². The van der Waals surface area contributed by atoms with Crippen molar-refractivity contribution in [1.82, 2.24) is 10.2 Å². The molecule has 2 amide bonds. The van der Waals surface area contributed by atoms with Gasteiger partial charge in [-0.1, -0.05) is 18.2 Å². The first-order valence-corrected chi connectivity index (χ1v) is 8.67. The second kappa shape index (κ2) is 8.26. The number of hydrogen-bond acceptors (Lipinski definition) is 4. The van der Waals surface area contributed by atoms with Crippen molar-refractivity contribution in [2.24, 2.45) is 5.92 Å². The number of likely N-dealkylation sites (tertiary alicyclic amines) is 1. The predicted octanol–water partition coefficient (Wildman–Crippen LogP) is 1.24. The third-order valence-electron chi connectivity index (χ3n) is 4.61. The van der Waals surface area contributed by atoms with Crippen LogP contribution in [0.5, 0.6) is 0 Å². The number of carbonyl (C=O) groups excluding carboxylic acids is 2. The first-order valence-electron chi connectivity index (χ1n) is 8.67. The van der Waals surface area contributed by atoms with Crippen LogP contribution in [0, 0.1) is 5.92 Å². The van der Waals surface area contributed by atoms with E-state index in [0.717, 1.165) is 31.6 Å². The van der Waals surface area contributed by atoms with Crippen LogP contribution in [0.3, 0.4) is 0 Å². The largest absolute Gasteiger partial charge is 0.378 e. The number of ether oxygens (including phenoxy) is 1. The molecule has 0 bridgehead atoms. The van der Waals surface area contributed by atoms with E-state index in [1.165, 1.54) is 0 Å². The molecule has 2 aliphatic heterocycles. The lowest BCUT2D eigenvalue weighted by molar-refractivity contribution is -0.135. The van der Waals surface area contributed by atoms with Gasteiger partial charge in [0.05, 0.1) is 19.1 Å². The first-order chi connectivity index (χ1) is 11.7. The lowest BCUT2D eigenvalue weighted by Crippen LogP contribution is -2.48. The average molecular weight is 331 g/mol. The molecule has 0 saturated carbocycles. The molecule has 2 heterocycles.